The van der Waals surface area contributed by atoms with Gasteiger partial charge in [-0.25, -0.2) is 0 Å². The van der Waals surface area contributed by atoms with Crippen LogP contribution in [0.4, 0.5) is 0 Å². The predicted molar refractivity (Wildman–Crippen MR) is 114 cm³/mol. The fourth-order valence-corrected chi connectivity index (χ4v) is 4.49. The van der Waals surface area contributed by atoms with Gasteiger partial charge in [-0.2, -0.15) is 5.26 Å². The van der Waals surface area contributed by atoms with Gasteiger partial charge in [0.15, 0.2) is 6.19 Å². The van der Waals surface area contributed by atoms with Crippen molar-refractivity contribution in [3.63, 3.8) is 0 Å². The van der Waals surface area contributed by atoms with Crippen molar-refractivity contribution in [1.29, 1.82) is 5.26 Å². The molecule has 0 aromatic heterocycles. The minimum absolute atomic E-state index is 0.350. The standard InChI is InChI=1S/C24H34N2O2/c1-6-8-9-10-17(3)18-13-21(27-7-2)23-19-15-26(16-25)12-11-20(19)24(4,5)28-22(23)14-18/h13-14,17H,6-12,15H2,1-5H3. The maximum atomic E-state index is 9.44. The van der Waals surface area contributed by atoms with E-state index in [4.69, 9.17) is 9.47 Å². The van der Waals surface area contributed by atoms with Crippen LogP contribution >= 0.6 is 0 Å². The third-order valence-corrected chi connectivity index (χ3v) is 6.08. The predicted octanol–water partition coefficient (Wildman–Crippen LogP) is 5.88. The number of hydrogen-bond acceptors (Lipinski definition) is 4. The molecule has 0 saturated heterocycles. The van der Waals surface area contributed by atoms with Crippen LogP contribution in [0.3, 0.4) is 0 Å². The third kappa shape index (κ3) is 3.99. The fourth-order valence-electron chi connectivity index (χ4n) is 4.49. The molecule has 0 saturated carbocycles. The molecule has 3 rings (SSSR count). The van der Waals surface area contributed by atoms with Crippen molar-refractivity contribution in [3.05, 3.63) is 28.8 Å². The van der Waals surface area contributed by atoms with Crippen LogP contribution in [-0.2, 0) is 0 Å². The number of nitriles is 1. The highest BCUT2D eigenvalue weighted by Crippen LogP contribution is 2.49. The van der Waals surface area contributed by atoms with Gasteiger partial charge in [-0.15, -0.1) is 0 Å². The van der Waals surface area contributed by atoms with Gasteiger partial charge in [-0.1, -0.05) is 33.1 Å². The van der Waals surface area contributed by atoms with Crippen LogP contribution in [0.1, 0.15) is 83.8 Å². The van der Waals surface area contributed by atoms with Gasteiger partial charge in [-0.3, -0.25) is 0 Å². The Hall–Kier alpha value is -2.15. The maximum Gasteiger partial charge on any atom is 0.179 e. The third-order valence-electron chi connectivity index (χ3n) is 6.08. The summed E-state index contributed by atoms with van der Waals surface area (Å²) in [5.74, 6) is 2.28. The molecular weight excluding hydrogens is 348 g/mol. The highest BCUT2D eigenvalue weighted by molar-refractivity contribution is 5.82. The van der Waals surface area contributed by atoms with Crippen molar-refractivity contribution < 1.29 is 9.47 Å². The summed E-state index contributed by atoms with van der Waals surface area (Å²) >= 11 is 0. The number of rotatable bonds is 7. The van der Waals surface area contributed by atoms with Crippen LogP contribution in [0, 0.1) is 11.5 Å². The SMILES string of the molecule is CCCCCC(C)c1cc(OCC)c2c(c1)OC(C)(C)C1=C2CN(C#N)CC1. The molecule has 2 heterocycles. The maximum absolute atomic E-state index is 9.44. The Balaban J connectivity index is 2.05. The quantitative estimate of drug-likeness (QED) is 0.436. The molecule has 0 aliphatic carbocycles. The summed E-state index contributed by atoms with van der Waals surface area (Å²) in [7, 11) is 0. The average Bonchev–Trinajstić information content (AvgIpc) is 2.67. The zero-order valence-corrected chi connectivity index (χ0v) is 18.1. The Kier molecular flexibility index (Phi) is 6.23. The van der Waals surface area contributed by atoms with Crippen molar-refractivity contribution in [2.24, 2.45) is 0 Å². The molecular formula is C24H34N2O2. The zero-order chi connectivity index (χ0) is 20.3. The lowest BCUT2D eigenvalue weighted by atomic mass is 9.80. The molecule has 4 nitrogen and oxygen atoms in total. The molecule has 1 unspecified atom stereocenters. The van der Waals surface area contributed by atoms with Crippen molar-refractivity contribution in [2.45, 2.75) is 78.2 Å². The fraction of sp³-hybridized carbons (Fsp3) is 0.625. The normalized spacial score (nSPS) is 18.6. The van der Waals surface area contributed by atoms with E-state index in [1.807, 2.05) is 11.8 Å². The van der Waals surface area contributed by atoms with E-state index in [0.717, 1.165) is 30.0 Å². The lowest BCUT2D eigenvalue weighted by Gasteiger charge is -2.41. The van der Waals surface area contributed by atoms with Crippen LogP contribution in [0.5, 0.6) is 11.5 Å². The van der Waals surface area contributed by atoms with Gasteiger partial charge in [0.2, 0.25) is 0 Å². The molecule has 4 heteroatoms. The van der Waals surface area contributed by atoms with Crippen LogP contribution < -0.4 is 9.47 Å². The van der Waals surface area contributed by atoms with Crippen LogP contribution in [0.2, 0.25) is 0 Å². The summed E-state index contributed by atoms with van der Waals surface area (Å²) in [4.78, 5) is 1.83. The number of hydrogen-bond donors (Lipinski definition) is 0. The van der Waals surface area contributed by atoms with Gasteiger partial charge in [-0.05, 0) is 68.4 Å². The van der Waals surface area contributed by atoms with E-state index in [0.29, 0.717) is 19.1 Å². The molecule has 0 spiro atoms. The summed E-state index contributed by atoms with van der Waals surface area (Å²) in [6.45, 7) is 12.9. The smallest absolute Gasteiger partial charge is 0.179 e. The Labute approximate surface area is 170 Å². The molecule has 0 amide bonds. The average molecular weight is 383 g/mol. The largest absolute Gasteiger partial charge is 0.493 e. The van der Waals surface area contributed by atoms with Crippen LogP contribution in [-0.4, -0.2) is 30.2 Å². The van der Waals surface area contributed by atoms with Crippen LogP contribution in [0.15, 0.2) is 17.7 Å². The number of nitrogens with zero attached hydrogens (tertiary/aromatic N) is 2. The molecule has 0 fully saturated rings. The summed E-state index contributed by atoms with van der Waals surface area (Å²) in [5, 5.41) is 9.44. The van der Waals surface area contributed by atoms with E-state index in [2.05, 4.69) is 46.0 Å². The Morgan fingerprint density at radius 3 is 2.75 bits per heavy atom. The second kappa shape index (κ2) is 8.47. The van der Waals surface area contributed by atoms with Crippen LogP contribution in [0.25, 0.3) is 5.57 Å². The zero-order valence-electron chi connectivity index (χ0n) is 18.1. The van der Waals surface area contributed by atoms with E-state index in [1.165, 1.54) is 42.4 Å². The molecule has 152 valence electrons. The highest BCUT2D eigenvalue weighted by Gasteiger charge is 2.39. The number of fused-ring (bicyclic) bond motifs is 2. The van der Waals surface area contributed by atoms with Crippen molar-refractivity contribution in [1.82, 2.24) is 4.90 Å². The van der Waals surface area contributed by atoms with Crippen molar-refractivity contribution in [3.8, 4) is 17.7 Å². The topological polar surface area (TPSA) is 45.5 Å². The molecule has 1 aromatic rings. The lowest BCUT2D eigenvalue weighted by molar-refractivity contribution is 0.133. The molecule has 1 atom stereocenters. The van der Waals surface area contributed by atoms with Crippen molar-refractivity contribution >= 4 is 5.57 Å². The highest BCUT2D eigenvalue weighted by atomic mass is 16.5. The van der Waals surface area contributed by atoms with Gasteiger partial charge >= 0.3 is 0 Å². The number of ether oxygens (including phenoxy) is 2. The van der Waals surface area contributed by atoms with E-state index >= 15 is 0 Å². The van der Waals surface area contributed by atoms with E-state index in [-0.39, 0.29) is 5.60 Å². The van der Waals surface area contributed by atoms with Gasteiger partial charge in [0.1, 0.15) is 17.1 Å². The summed E-state index contributed by atoms with van der Waals surface area (Å²) in [5.41, 5.74) is 4.51. The van der Waals surface area contributed by atoms with Gasteiger partial charge in [0.05, 0.1) is 18.7 Å². The van der Waals surface area contributed by atoms with E-state index in [1.54, 1.807) is 0 Å². The molecule has 1 aromatic carbocycles. The van der Waals surface area contributed by atoms with Gasteiger partial charge < -0.3 is 14.4 Å². The Bertz CT molecular complexity index is 789. The van der Waals surface area contributed by atoms with Gasteiger partial charge in [0.25, 0.3) is 0 Å². The summed E-state index contributed by atoms with van der Waals surface area (Å²) < 4.78 is 12.6. The Morgan fingerprint density at radius 2 is 2.07 bits per heavy atom. The second-order valence-corrected chi connectivity index (χ2v) is 8.56. The van der Waals surface area contributed by atoms with E-state index in [9.17, 15) is 5.26 Å². The lowest BCUT2D eigenvalue weighted by Crippen LogP contribution is -2.41. The molecule has 0 bridgehead atoms. The molecule has 0 radical (unpaired) electrons. The molecule has 2 aliphatic heterocycles. The molecule has 28 heavy (non-hydrogen) atoms. The number of unbranched alkanes of at least 4 members (excludes halogenated alkanes) is 2. The number of benzene rings is 1. The first-order valence-electron chi connectivity index (χ1n) is 10.8. The minimum Gasteiger partial charge on any atom is -0.493 e. The van der Waals surface area contributed by atoms with Crippen molar-refractivity contribution in [2.75, 3.05) is 19.7 Å². The second-order valence-electron chi connectivity index (χ2n) is 8.56. The molecule has 0 N–H and O–H groups in total. The summed E-state index contributed by atoms with van der Waals surface area (Å²) in [6, 6.07) is 4.42. The monoisotopic (exact) mass is 382 g/mol. The first-order chi connectivity index (χ1) is 13.4. The Morgan fingerprint density at radius 1 is 1.29 bits per heavy atom. The van der Waals surface area contributed by atoms with Gasteiger partial charge in [0, 0.05) is 6.54 Å². The minimum atomic E-state index is -0.350. The first kappa shape index (κ1) is 20.6. The molecule has 2 aliphatic rings. The first-order valence-corrected chi connectivity index (χ1v) is 10.8. The summed E-state index contributed by atoms with van der Waals surface area (Å²) in [6.07, 6.45) is 8.12. The van der Waals surface area contributed by atoms with E-state index < -0.39 is 0 Å².